The van der Waals surface area contributed by atoms with Gasteiger partial charge in [-0.25, -0.2) is 0 Å². The molecular formula is C13H20O2. The van der Waals surface area contributed by atoms with Crippen molar-refractivity contribution in [3.63, 3.8) is 0 Å². The number of allylic oxidation sites excluding steroid dienone is 1. The van der Waals surface area contributed by atoms with Gasteiger partial charge in [0.1, 0.15) is 0 Å². The summed E-state index contributed by atoms with van der Waals surface area (Å²) in [4.78, 5) is 10.4. The largest absolute Gasteiger partial charge is 0.453 e. The highest BCUT2D eigenvalue weighted by atomic mass is 16.5. The van der Waals surface area contributed by atoms with E-state index in [1.165, 1.54) is 6.92 Å². The number of carbonyl (C=O) groups excluding carboxylic acids is 1. The summed E-state index contributed by atoms with van der Waals surface area (Å²) in [6, 6.07) is 0. The molecule has 2 heteroatoms. The molecule has 0 atom stereocenters. The monoisotopic (exact) mass is 208 g/mol. The van der Waals surface area contributed by atoms with Crippen molar-refractivity contribution in [1.82, 2.24) is 0 Å². The van der Waals surface area contributed by atoms with Gasteiger partial charge in [0.15, 0.2) is 6.61 Å². The van der Waals surface area contributed by atoms with Crippen molar-refractivity contribution in [3.05, 3.63) is 12.2 Å². The van der Waals surface area contributed by atoms with Crippen LogP contribution in [0.3, 0.4) is 0 Å². The van der Waals surface area contributed by atoms with E-state index in [1.807, 2.05) is 0 Å². The highest BCUT2D eigenvalue weighted by Crippen LogP contribution is 2.24. The number of hydrogen-bond acceptors (Lipinski definition) is 2. The van der Waals surface area contributed by atoms with Crippen LogP contribution in [0.25, 0.3) is 0 Å². The van der Waals surface area contributed by atoms with E-state index in [1.54, 1.807) is 0 Å². The summed E-state index contributed by atoms with van der Waals surface area (Å²) in [6.45, 7) is 12.0. The average Bonchev–Trinajstić information content (AvgIpc) is 1.99. The van der Waals surface area contributed by atoms with E-state index < -0.39 is 0 Å². The Labute approximate surface area is 92.7 Å². The predicted molar refractivity (Wildman–Crippen MR) is 62.2 cm³/mol. The fraction of sp³-hybridized carbons (Fsp3) is 0.615. The smallest absolute Gasteiger partial charge is 0.303 e. The number of esters is 1. The van der Waals surface area contributed by atoms with Crippen molar-refractivity contribution >= 4 is 5.97 Å². The molecule has 0 radical (unpaired) electrons. The van der Waals surface area contributed by atoms with Gasteiger partial charge in [0.05, 0.1) is 0 Å². The second-order valence-corrected chi connectivity index (χ2v) is 4.80. The van der Waals surface area contributed by atoms with Crippen LogP contribution in [-0.4, -0.2) is 12.6 Å². The van der Waals surface area contributed by atoms with Gasteiger partial charge in [-0.2, -0.15) is 0 Å². The van der Waals surface area contributed by atoms with E-state index in [-0.39, 0.29) is 18.0 Å². The van der Waals surface area contributed by atoms with Crippen molar-refractivity contribution in [2.45, 2.75) is 40.5 Å². The molecule has 0 aromatic carbocycles. The normalized spacial score (nSPS) is 10.1. The molecule has 2 nitrogen and oxygen atoms in total. The number of rotatable bonds is 3. The lowest BCUT2D eigenvalue weighted by Crippen LogP contribution is -2.05. The first-order valence-corrected chi connectivity index (χ1v) is 5.07. The summed E-state index contributed by atoms with van der Waals surface area (Å²) in [5.41, 5.74) is 1.38. The van der Waals surface area contributed by atoms with E-state index in [4.69, 9.17) is 0 Å². The summed E-state index contributed by atoms with van der Waals surface area (Å²) in [6.07, 6.45) is 1.65. The van der Waals surface area contributed by atoms with Gasteiger partial charge in [0, 0.05) is 13.3 Å². The van der Waals surface area contributed by atoms with Crippen LogP contribution in [0.15, 0.2) is 12.2 Å². The standard InChI is InChI=1S/C13H20O2/c1-11(10-13(3,4)5)8-6-7-9-15-12(2)14/h1,8-10H2,2-5H3. The zero-order valence-electron chi connectivity index (χ0n) is 10.1. The van der Waals surface area contributed by atoms with Crippen molar-refractivity contribution in [3.8, 4) is 11.8 Å². The summed E-state index contributed by atoms with van der Waals surface area (Å²) >= 11 is 0. The Kier molecular flexibility index (Phi) is 5.77. The van der Waals surface area contributed by atoms with E-state index >= 15 is 0 Å². The maximum absolute atomic E-state index is 10.4. The molecule has 0 unspecified atom stereocenters. The van der Waals surface area contributed by atoms with Gasteiger partial charge < -0.3 is 4.74 Å². The lowest BCUT2D eigenvalue weighted by Gasteiger charge is -2.18. The van der Waals surface area contributed by atoms with Crippen LogP contribution in [0.2, 0.25) is 0 Å². The summed E-state index contributed by atoms with van der Waals surface area (Å²) in [7, 11) is 0. The summed E-state index contributed by atoms with van der Waals surface area (Å²) < 4.78 is 4.68. The van der Waals surface area contributed by atoms with Crippen LogP contribution in [0.1, 0.15) is 40.5 Å². The molecule has 0 aliphatic rings. The Morgan fingerprint density at radius 2 is 1.93 bits per heavy atom. The molecule has 84 valence electrons. The molecule has 0 saturated heterocycles. The van der Waals surface area contributed by atoms with Crippen molar-refractivity contribution < 1.29 is 9.53 Å². The Morgan fingerprint density at radius 1 is 1.33 bits per heavy atom. The van der Waals surface area contributed by atoms with Crippen molar-refractivity contribution in [2.24, 2.45) is 5.41 Å². The van der Waals surface area contributed by atoms with Crippen molar-refractivity contribution in [2.75, 3.05) is 6.61 Å². The van der Waals surface area contributed by atoms with Crippen LogP contribution in [0, 0.1) is 17.3 Å². The Bertz CT molecular complexity index is 284. The first-order valence-electron chi connectivity index (χ1n) is 5.07. The van der Waals surface area contributed by atoms with Gasteiger partial charge in [-0.05, 0) is 11.8 Å². The van der Waals surface area contributed by atoms with Gasteiger partial charge in [-0.15, -0.1) is 0 Å². The van der Waals surface area contributed by atoms with E-state index in [2.05, 4.69) is 43.9 Å². The average molecular weight is 208 g/mol. The highest BCUT2D eigenvalue weighted by molar-refractivity contribution is 5.66. The van der Waals surface area contributed by atoms with Crippen LogP contribution in [0.5, 0.6) is 0 Å². The van der Waals surface area contributed by atoms with E-state index in [0.29, 0.717) is 6.42 Å². The molecule has 0 aliphatic carbocycles. The first kappa shape index (κ1) is 13.8. The summed E-state index contributed by atoms with van der Waals surface area (Å²) in [5, 5.41) is 0. The molecule has 0 bridgehead atoms. The minimum Gasteiger partial charge on any atom is -0.453 e. The zero-order chi connectivity index (χ0) is 11.9. The molecule has 0 aromatic heterocycles. The molecule has 0 heterocycles. The Morgan fingerprint density at radius 3 is 2.40 bits per heavy atom. The minimum atomic E-state index is -0.294. The SMILES string of the molecule is C=C(CC#CCOC(C)=O)CC(C)(C)C. The molecule has 0 amide bonds. The van der Waals surface area contributed by atoms with Gasteiger partial charge >= 0.3 is 5.97 Å². The third-order valence-corrected chi connectivity index (χ3v) is 1.59. The van der Waals surface area contributed by atoms with Gasteiger partial charge in [0.2, 0.25) is 0 Å². The fourth-order valence-electron chi connectivity index (χ4n) is 1.19. The third kappa shape index (κ3) is 10.7. The van der Waals surface area contributed by atoms with Crippen LogP contribution in [-0.2, 0) is 9.53 Å². The maximum atomic E-state index is 10.4. The minimum absolute atomic E-state index is 0.179. The Hall–Kier alpha value is -1.23. The van der Waals surface area contributed by atoms with Crippen LogP contribution >= 0.6 is 0 Å². The lowest BCUT2D eigenvalue weighted by molar-refractivity contribution is -0.139. The third-order valence-electron chi connectivity index (χ3n) is 1.59. The lowest BCUT2D eigenvalue weighted by atomic mass is 9.87. The molecule has 0 rings (SSSR count). The second-order valence-electron chi connectivity index (χ2n) is 4.80. The van der Waals surface area contributed by atoms with E-state index in [9.17, 15) is 4.79 Å². The molecule has 0 aromatic rings. The highest BCUT2D eigenvalue weighted by Gasteiger charge is 2.10. The van der Waals surface area contributed by atoms with E-state index in [0.717, 1.165) is 12.0 Å². The fourth-order valence-corrected chi connectivity index (χ4v) is 1.19. The second kappa shape index (κ2) is 6.29. The molecular weight excluding hydrogens is 188 g/mol. The van der Waals surface area contributed by atoms with Crippen LogP contribution in [0.4, 0.5) is 0 Å². The summed E-state index contributed by atoms with van der Waals surface area (Å²) in [5.74, 6) is 5.42. The maximum Gasteiger partial charge on any atom is 0.303 e. The molecule has 0 spiro atoms. The topological polar surface area (TPSA) is 26.3 Å². The molecule has 0 fully saturated rings. The molecule has 0 saturated carbocycles. The molecule has 15 heavy (non-hydrogen) atoms. The molecule has 0 aliphatic heterocycles. The quantitative estimate of drug-likeness (QED) is 0.405. The van der Waals surface area contributed by atoms with Crippen LogP contribution < -0.4 is 0 Å². The number of ether oxygens (including phenoxy) is 1. The van der Waals surface area contributed by atoms with Gasteiger partial charge in [0.25, 0.3) is 0 Å². The first-order chi connectivity index (χ1) is 6.81. The van der Waals surface area contributed by atoms with Crippen molar-refractivity contribution in [1.29, 1.82) is 0 Å². The number of hydrogen-bond donors (Lipinski definition) is 0. The molecule has 0 N–H and O–H groups in total. The Balaban J connectivity index is 3.75. The predicted octanol–water partition coefficient (Wildman–Crippen LogP) is 2.94. The zero-order valence-corrected chi connectivity index (χ0v) is 10.1. The van der Waals surface area contributed by atoms with Gasteiger partial charge in [-0.1, -0.05) is 44.8 Å². The number of carbonyl (C=O) groups is 1. The van der Waals surface area contributed by atoms with Gasteiger partial charge in [-0.3, -0.25) is 4.79 Å².